The Kier molecular flexibility index (Phi) is 3.43. The van der Waals surface area contributed by atoms with Gasteiger partial charge in [-0.2, -0.15) is 5.10 Å². The van der Waals surface area contributed by atoms with Crippen molar-refractivity contribution in [1.82, 2.24) is 20.6 Å². The third kappa shape index (κ3) is 2.94. The topological polar surface area (TPSA) is 76.0 Å². The van der Waals surface area contributed by atoms with E-state index in [0.29, 0.717) is 5.56 Å². The summed E-state index contributed by atoms with van der Waals surface area (Å²) in [5, 5.41) is 4.10. The van der Waals surface area contributed by atoms with E-state index in [1.807, 2.05) is 19.3 Å². The van der Waals surface area contributed by atoms with E-state index >= 15 is 0 Å². The zero-order valence-electron chi connectivity index (χ0n) is 11.6. The highest BCUT2D eigenvalue weighted by atomic mass is 16.2. The zero-order valence-corrected chi connectivity index (χ0v) is 11.6. The standard InChI is InChI=1S/C15H16N4O2/c1-19-9-11(8-16-19)12-7-13(12)15(21)18-17-14(20)10-5-3-2-4-6-10/h2-6,8-9,12-13H,7H2,1H3,(H,17,20)(H,18,21)/t12-,13+/m1/s1. The molecule has 1 aliphatic carbocycles. The summed E-state index contributed by atoms with van der Waals surface area (Å²) in [7, 11) is 1.85. The van der Waals surface area contributed by atoms with Crippen molar-refractivity contribution in [3.63, 3.8) is 0 Å². The molecule has 1 aromatic heterocycles. The van der Waals surface area contributed by atoms with Crippen molar-refractivity contribution in [2.24, 2.45) is 13.0 Å². The first-order valence-electron chi connectivity index (χ1n) is 6.79. The van der Waals surface area contributed by atoms with Crippen molar-refractivity contribution in [2.45, 2.75) is 12.3 Å². The molecule has 0 spiro atoms. The van der Waals surface area contributed by atoms with Crippen LogP contribution in [0.5, 0.6) is 0 Å². The van der Waals surface area contributed by atoms with Crippen LogP contribution in [0, 0.1) is 5.92 Å². The Morgan fingerprint density at radius 3 is 2.67 bits per heavy atom. The zero-order chi connectivity index (χ0) is 14.8. The predicted octanol–water partition coefficient (Wildman–Crippen LogP) is 0.985. The first kappa shape index (κ1) is 13.4. The van der Waals surface area contributed by atoms with Crippen molar-refractivity contribution in [3.05, 3.63) is 53.9 Å². The van der Waals surface area contributed by atoms with Gasteiger partial charge in [0.1, 0.15) is 0 Å². The molecule has 108 valence electrons. The number of aromatic nitrogens is 2. The molecule has 2 N–H and O–H groups in total. The molecule has 1 fully saturated rings. The molecule has 0 bridgehead atoms. The molecule has 2 atom stereocenters. The van der Waals surface area contributed by atoms with Crippen LogP contribution in [0.15, 0.2) is 42.7 Å². The van der Waals surface area contributed by atoms with Gasteiger partial charge in [-0.05, 0) is 30.0 Å². The highest BCUT2D eigenvalue weighted by Gasteiger charge is 2.44. The van der Waals surface area contributed by atoms with Crippen LogP contribution in [0.3, 0.4) is 0 Å². The smallest absolute Gasteiger partial charge is 0.269 e. The molecule has 2 amide bonds. The van der Waals surface area contributed by atoms with Gasteiger partial charge in [-0.15, -0.1) is 0 Å². The lowest BCUT2D eigenvalue weighted by Crippen LogP contribution is -2.42. The van der Waals surface area contributed by atoms with Gasteiger partial charge in [0.05, 0.1) is 6.20 Å². The van der Waals surface area contributed by atoms with E-state index in [4.69, 9.17) is 0 Å². The quantitative estimate of drug-likeness (QED) is 0.825. The molecule has 1 heterocycles. The van der Waals surface area contributed by atoms with Crippen molar-refractivity contribution >= 4 is 11.8 Å². The molecule has 3 rings (SSSR count). The molecule has 0 unspecified atom stereocenters. The molecule has 21 heavy (non-hydrogen) atoms. The van der Waals surface area contributed by atoms with Gasteiger partial charge in [0, 0.05) is 24.7 Å². The molecule has 1 saturated carbocycles. The van der Waals surface area contributed by atoms with Crippen LogP contribution in [0.25, 0.3) is 0 Å². The van der Waals surface area contributed by atoms with Gasteiger partial charge in [0.15, 0.2) is 0 Å². The summed E-state index contributed by atoms with van der Waals surface area (Å²) in [5.41, 5.74) is 6.50. The highest BCUT2D eigenvalue weighted by molar-refractivity contribution is 5.95. The Morgan fingerprint density at radius 1 is 1.24 bits per heavy atom. The SMILES string of the molecule is Cn1cc([C@H]2C[C@@H]2C(=O)NNC(=O)c2ccccc2)cn1. The molecular formula is C15H16N4O2. The van der Waals surface area contributed by atoms with E-state index in [-0.39, 0.29) is 23.7 Å². The molecule has 0 saturated heterocycles. The Hall–Kier alpha value is -2.63. The van der Waals surface area contributed by atoms with Gasteiger partial charge in [-0.25, -0.2) is 0 Å². The number of aryl methyl sites for hydroxylation is 1. The number of hydrogen-bond donors (Lipinski definition) is 2. The fourth-order valence-electron chi connectivity index (χ4n) is 2.36. The maximum atomic E-state index is 12.0. The first-order chi connectivity index (χ1) is 10.1. The van der Waals surface area contributed by atoms with Crippen LogP contribution in [0.2, 0.25) is 0 Å². The van der Waals surface area contributed by atoms with Gasteiger partial charge in [-0.3, -0.25) is 25.1 Å². The number of rotatable bonds is 3. The van der Waals surface area contributed by atoms with Crippen LogP contribution in [0.4, 0.5) is 0 Å². The van der Waals surface area contributed by atoms with Crippen molar-refractivity contribution in [2.75, 3.05) is 0 Å². The van der Waals surface area contributed by atoms with Crippen LogP contribution in [0.1, 0.15) is 28.3 Å². The minimum Gasteiger partial charge on any atom is -0.276 e. The normalized spacial score (nSPS) is 19.9. The van der Waals surface area contributed by atoms with E-state index in [2.05, 4.69) is 16.0 Å². The first-order valence-corrected chi connectivity index (χ1v) is 6.79. The fraction of sp³-hybridized carbons (Fsp3) is 0.267. The second kappa shape index (κ2) is 5.40. The minimum absolute atomic E-state index is 0.0923. The maximum absolute atomic E-state index is 12.0. The third-order valence-electron chi connectivity index (χ3n) is 3.62. The Morgan fingerprint density at radius 2 is 2.00 bits per heavy atom. The summed E-state index contributed by atoms with van der Waals surface area (Å²) >= 11 is 0. The second-order valence-corrected chi connectivity index (χ2v) is 5.21. The molecule has 0 radical (unpaired) electrons. The maximum Gasteiger partial charge on any atom is 0.269 e. The van der Waals surface area contributed by atoms with Crippen LogP contribution >= 0.6 is 0 Å². The Bertz CT molecular complexity index is 665. The molecule has 6 nitrogen and oxygen atoms in total. The third-order valence-corrected chi connectivity index (χ3v) is 3.62. The van der Waals surface area contributed by atoms with Crippen molar-refractivity contribution in [3.8, 4) is 0 Å². The largest absolute Gasteiger partial charge is 0.276 e. The number of hydrazine groups is 1. The lowest BCUT2D eigenvalue weighted by atomic mass is 10.2. The van der Waals surface area contributed by atoms with E-state index in [1.165, 1.54) is 0 Å². The van der Waals surface area contributed by atoms with Gasteiger partial charge in [0.2, 0.25) is 5.91 Å². The summed E-state index contributed by atoms with van der Waals surface area (Å²) in [6, 6.07) is 8.76. The van der Waals surface area contributed by atoms with E-state index in [9.17, 15) is 9.59 Å². The molecule has 1 aliphatic rings. The van der Waals surface area contributed by atoms with Crippen LogP contribution in [-0.4, -0.2) is 21.6 Å². The summed E-state index contributed by atoms with van der Waals surface area (Å²) in [5.74, 6) is -0.367. The van der Waals surface area contributed by atoms with E-state index < -0.39 is 0 Å². The van der Waals surface area contributed by atoms with Gasteiger partial charge >= 0.3 is 0 Å². The summed E-state index contributed by atoms with van der Waals surface area (Å²) in [6.45, 7) is 0. The summed E-state index contributed by atoms with van der Waals surface area (Å²) < 4.78 is 1.72. The molecule has 2 aromatic rings. The van der Waals surface area contributed by atoms with Crippen molar-refractivity contribution in [1.29, 1.82) is 0 Å². The monoisotopic (exact) mass is 284 g/mol. The lowest BCUT2D eigenvalue weighted by Gasteiger charge is -2.06. The molecule has 6 heteroatoms. The number of amides is 2. The fourth-order valence-corrected chi connectivity index (χ4v) is 2.36. The number of carbonyl (C=O) groups excluding carboxylic acids is 2. The number of hydrogen-bond acceptors (Lipinski definition) is 3. The van der Waals surface area contributed by atoms with Gasteiger partial charge < -0.3 is 0 Å². The number of benzene rings is 1. The number of nitrogens with one attached hydrogen (secondary N) is 2. The molecular weight excluding hydrogens is 268 g/mol. The molecule has 1 aromatic carbocycles. The highest BCUT2D eigenvalue weighted by Crippen LogP contribution is 2.47. The van der Waals surface area contributed by atoms with Crippen molar-refractivity contribution < 1.29 is 9.59 Å². The minimum atomic E-state index is -0.317. The lowest BCUT2D eigenvalue weighted by molar-refractivity contribution is -0.123. The second-order valence-electron chi connectivity index (χ2n) is 5.21. The summed E-state index contributed by atoms with van der Waals surface area (Å²) in [6.07, 6.45) is 4.49. The summed E-state index contributed by atoms with van der Waals surface area (Å²) in [4.78, 5) is 23.8. The van der Waals surface area contributed by atoms with Crippen LogP contribution in [-0.2, 0) is 11.8 Å². The van der Waals surface area contributed by atoms with Crippen LogP contribution < -0.4 is 10.9 Å². The Labute approximate surface area is 122 Å². The number of nitrogens with zero attached hydrogens (tertiary/aromatic N) is 2. The van der Waals surface area contributed by atoms with E-state index in [0.717, 1.165) is 12.0 Å². The van der Waals surface area contributed by atoms with Gasteiger partial charge in [-0.1, -0.05) is 18.2 Å². The number of carbonyl (C=O) groups is 2. The average molecular weight is 284 g/mol. The van der Waals surface area contributed by atoms with E-state index in [1.54, 1.807) is 35.1 Å². The predicted molar refractivity (Wildman–Crippen MR) is 76.1 cm³/mol. The average Bonchev–Trinajstić information content (AvgIpc) is 3.20. The molecule has 0 aliphatic heterocycles. The van der Waals surface area contributed by atoms with Gasteiger partial charge in [0.25, 0.3) is 5.91 Å². The Balaban J connectivity index is 1.51.